The zero-order valence-corrected chi connectivity index (χ0v) is 11.8. The van der Waals surface area contributed by atoms with Crippen molar-refractivity contribution in [3.8, 4) is 0 Å². The second-order valence-electron chi connectivity index (χ2n) is 5.85. The number of rotatable bonds is 4. The van der Waals surface area contributed by atoms with Gasteiger partial charge < -0.3 is 10.6 Å². The van der Waals surface area contributed by atoms with E-state index in [2.05, 4.69) is 32.6 Å². The molecule has 1 rings (SSSR count). The highest BCUT2D eigenvalue weighted by Crippen LogP contribution is 2.31. The second-order valence-corrected chi connectivity index (χ2v) is 5.85. The molecule has 1 amide bonds. The molecule has 100 valence electrons. The molecule has 17 heavy (non-hydrogen) atoms. The Morgan fingerprint density at radius 2 is 1.71 bits per heavy atom. The molecule has 0 bridgehead atoms. The van der Waals surface area contributed by atoms with Gasteiger partial charge in [0.25, 0.3) is 0 Å². The summed E-state index contributed by atoms with van der Waals surface area (Å²) in [5.74, 6) is 1.52. The zero-order valence-electron chi connectivity index (χ0n) is 11.8. The maximum Gasteiger partial charge on any atom is 0.230 e. The minimum absolute atomic E-state index is 0.281. The van der Waals surface area contributed by atoms with Gasteiger partial charge in [0.2, 0.25) is 5.91 Å². The van der Waals surface area contributed by atoms with Crippen LogP contribution in [0.15, 0.2) is 0 Å². The molecule has 0 aromatic rings. The van der Waals surface area contributed by atoms with E-state index < -0.39 is 0 Å². The number of carbonyl (C=O) groups is 1. The second kappa shape index (κ2) is 5.85. The van der Waals surface area contributed by atoms with Gasteiger partial charge in [0, 0.05) is 19.6 Å². The molecule has 1 saturated heterocycles. The first kappa shape index (κ1) is 14.5. The number of hydrogen-bond acceptors (Lipinski definition) is 2. The van der Waals surface area contributed by atoms with Gasteiger partial charge in [-0.25, -0.2) is 0 Å². The van der Waals surface area contributed by atoms with Crippen molar-refractivity contribution in [1.29, 1.82) is 0 Å². The normalized spacial score (nSPS) is 26.1. The number of nitrogens with zero attached hydrogens (tertiary/aromatic N) is 1. The van der Waals surface area contributed by atoms with Crippen molar-refractivity contribution < 1.29 is 4.79 Å². The fraction of sp³-hybridized carbons (Fsp3) is 0.929. The van der Waals surface area contributed by atoms with Crippen LogP contribution in [0.4, 0.5) is 0 Å². The summed E-state index contributed by atoms with van der Waals surface area (Å²) in [6.07, 6.45) is 2.92. The van der Waals surface area contributed by atoms with E-state index in [0.29, 0.717) is 18.4 Å². The SMILES string of the molecule is CCC(CC)(CN)C(=O)N1CC(C)CC(C)C1. The van der Waals surface area contributed by atoms with E-state index in [1.807, 2.05) is 0 Å². The topological polar surface area (TPSA) is 46.3 Å². The van der Waals surface area contributed by atoms with Gasteiger partial charge in [-0.05, 0) is 31.1 Å². The molecular formula is C14H28N2O. The Morgan fingerprint density at radius 3 is 2.06 bits per heavy atom. The third-order valence-corrected chi connectivity index (χ3v) is 4.35. The summed E-state index contributed by atoms with van der Waals surface area (Å²) in [6, 6.07) is 0. The Morgan fingerprint density at radius 1 is 1.24 bits per heavy atom. The first-order valence-corrected chi connectivity index (χ1v) is 6.98. The number of piperidine rings is 1. The number of likely N-dealkylation sites (tertiary alicyclic amines) is 1. The van der Waals surface area contributed by atoms with Crippen LogP contribution in [0.5, 0.6) is 0 Å². The molecule has 1 aliphatic rings. The van der Waals surface area contributed by atoms with Crippen LogP contribution in [-0.4, -0.2) is 30.4 Å². The van der Waals surface area contributed by atoms with Crippen LogP contribution in [-0.2, 0) is 4.79 Å². The predicted octanol–water partition coefficient (Wildman–Crippen LogP) is 2.26. The van der Waals surface area contributed by atoms with E-state index in [4.69, 9.17) is 5.73 Å². The van der Waals surface area contributed by atoms with Crippen LogP contribution < -0.4 is 5.73 Å². The molecule has 1 aliphatic heterocycles. The van der Waals surface area contributed by atoms with Crippen molar-refractivity contribution in [2.45, 2.75) is 47.0 Å². The maximum absolute atomic E-state index is 12.7. The van der Waals surface area contributed by atoms with E-state index >= 15 is 0 Å². The van der Waals surface area contributed by atoms with Crippen LogP contribution >= 0.6 is 0 Å². The van der Waals surface area contributed by atoms with Gasteiger partial charge in [-0.15, -0.1) is 0 Å². The third-order valence-electron chi connectivity index (χ3n) is 4.35. The van der Waals surface area contributed by atoms with Gasteiger partial charge in [-0.2, -0.15) is 0 Å². The molecule has 0 aromatic heterocycles. The summed E-state index contributed by atoms with van der Waals surface area (Å²) in [6.45, 7) is 10.9. The van der Waals surface area contributed by atoms with Crippen molar-refractivity contribution in [3.63, 3.8) is 0 Å². The number of amides is 1. The first-order chi connectivity index (χ1) is 7.99. The van der Waals surface area contributed by atoms with Crippen LogP contribution in [0.1, 0.15) is 47.0 Å². The lowest BCUT2D eigenvalue weighted by Crippen LogP contribution is -2.52. The van der Waals surface area contributed by atoms with Gasteiger partial charge in [-0.3, -0.25) is 4.79 Å². The van der Waals surface area contributed by atoms with E-state index in [-0.39, 0.29) is 11.3 Å². The molecule has 2 atom stereocenters. The van der Waals surface area contributed by atoms with Crippen LogP contribution in [0.2, 0.25) is 0 Å². The molecule has 1 heterocycles. The summed E-state index contributed by atoms with van der Waals surface area (Å²) in [4.78, 5) is 14.7. The largest absolute Gasteiger partial charge is 0.342 e. The van der Waals surface area contributed by atoms with Gasteiger partial charge >= 0.3 is 0 Å². The Hall–Kier alpha value is -0.570. The standard InChI is InChI=1S/C14H28N2O/c1-5-14(6-2,10-15)13(17)16-8-11(3)7-12(4)9-16/h11-12H,5-10,15H2,1-4H3. The van der Waals surface area contributed by atoms with Crippen LogP contribution in [0, 0.1) is 17.3 Å². The van der Waals surface area contributed by atoms with Crippen molar-refractivity contribution in [2.75, 3.05) is 19.6 Å². The van der Waals surface area contributed by atoms with E-state index in [0.717, 1.165) is 25.9 Å². The average molecular weight is 240 g/mol. The smallest absolute Gasteiger partial charge is 0.230 e. The summed E-state index contributed by atoms with van der Waals surface area (Å²) in [5, 5.41) is 0. The molecule has 0 aliphatic carbocycles. The molecule has 1 fully saturated rings. The highest BCUT2D eigenvalue weighted by atomic mass is 16.2. The van der Waals surface area contributed by atoms with Gasteiger partial charge in [0.1, 0.15) is 0 Å². The van der Waals surface area contributed by atoms with Crippen molar-refractivity contribution >= 4 is 5.91 Å². The van der Waals surface area contributed by atoms with E-state index in [1.54, 1.807) is 0 Å². The molecule has 2 unspecified atom stereocenters. The molecule has 0 aromatic carbocycles. The molecule has 3 heteroatoms. The minimum atomic E-state index is -0.323. The summed E-state index contributed by atoms with van der Waals surface area (Å²) < 4.78 is 0. The maximum atomic E-state index is 12.7. The van der Waals surface area contributed by atoms with Crippen molar-refractivity contribution in [3.05, 3.63) is 0 Å². The predicted molar refractivity (Wildman–Crippen MR) is 71.6 cm³/mol. The molecular weight excluding hydrogens is 212 g/mol. The summed E-state index contributed by atoms with van der Waals surface area (Å²) in [7, 11) is 0. The van der Waals surface area contributed by atoms with E-state index in [9.17, 15) is 4.79 Å². The van der Waals surface area contributed by atoms with Gasteiger partial charge in [-0.1, -0.05) is 27.7 Å². The molecule has 2 N–H and O–H groups in total. The van der Waals surface area contributed by atoms with Gasteiger partial charge in [0.05, 0.1) is 5.41 Å². The lowest BCUT2D eigenvalue weighted by Gasteiger charge is -2.41. The fourth-order valence-corrected chi connectivity index (χ4v) is 3.09. The quantitative estimate of drug-likeness (QED) is 0.819. The zero-order chi connectivity index (χ0) is 13.1. The van der Waals surface area contributed by atoms with Crippen LogP contribution in [0.3, 0.4) is 0 Å². The average Bonchev–Trinajstić information content (AvgIpc) is 2.30. The number of nitrogens with two attached hydrogens (primary N) is 1. The Kier molecular flexibility index (Phi) is 4.99. The van der Waals surface area contributed by atoms with E-state index in [1.165, 1.54) is 6.42 Å². The van der Waals surface area contributed by atoms with Crippen molar-refractivity contribution in [1.82, 2.24) is 4.90 Å². The molecule has 0 radical (unpaired) electrons. The van der Waals surface area contributed by atoms with Crippen molar-refractivity contribution in [2.24, 2.45) is 23.0 Å². The van der Waals surface area contributed by atoms with Gasteiger partial charge in [0.15, 0.2) is 0 Å². The Labute approximate surface area is 106 Å². The molecule has 0 saturated carbocycles. The first-order valence-electron chi connectivity index (χ1n) is 6.98. The van der Waals surface area contributed by atoms with Crippen LogP contribution in [0.25, 0.3) is 0 Å². The highest BCUT2D eigenvalue weighted by Gasteiger charge is 2.38. The fourth-order valence-electron chi connectivity index (χ4n) is 3.09. The molecule has 3 nitrogen and oxygen atoms in total. The number of hydrogen-bond donors (Lipinski definition) is 1. The minimum Gasteiger partial charge on any atom is -0.342 e. The third kappa shape index (κ3) is 3.01. The summed E-state index contributed by atoms with van der Waals surface area (Å²) in [5.41, 5.74) is 5.54. The monoisotopic (exact) mass is 240 g/mol. The lowest BCUT2D eigenvalue weighted by atomic mass is 9.79. The Balaban J connectivity index is 2.80. The highest BCUT2D eigenvalue weighted by molar-refractivity contribution is 5.83. The lowest BCUT2D eigenvalue weighted by molar-refractivity contribution is -0.145. The molecule has 0 spiro atoms. The number of carbonyl (C=O) groups excluding carboxylic acids is 1. The summed E-state index contributed by atoms with van der Waals surface area (Å²) >= 11 is 0. The Bertz CT molecular complexity index is 243.